The van der Waals surface area contributed by atoms with Gasteiger partial charge in [0.05, 0.1) is 0 Å². The predicted molar refractivity (Wildman–Crippen MR) is 78.1 cm³/mol. The van der Waals surface area contributed by atoms with Gasteiger partial charge in [-0.2, -0.15) is 0 Å². The van der Waals surface area contributed by atoms with Crippen molar-refractivity contribution >= 4 is 0 Å². The third kappa shape index (κ3) is 3.06. The summed E-state index contributed by atoms with van der Waals surface area (Å²) >= 11 is 0. The molecule has 3 unspecified atom stereocenters. The average molecular weight is 238 g/mol. The summed E-state index contributed by atoms with van der Waals surface area (Å²) in [6.45, 7) is 17.1. The molecule has 1 aliphatic carbocycles. The molecule has 0 amide bonds. The van der Waals surface area contributed by atoms with Gasteiger partial charge in [0.25, 0.3) is 0 Å². The molecule has 3 atom stereocenters. The Morgan fingerprint density at radius 1 is 1.29 bits per heavy atom. The molecule has 0 heterocycles. The maximum absolute atomic E-state index is 2.55. The van der Waals surface area contributed by atoms with Crippen LogP contribution in [-0.4, -0.2) is 0 Å². The van der Waals surface area contributed by atoms with Crippen LogP contribution in [0.25, 0.3) is 0 Å². The second kappa shape index (κ2) is 5.33. The first kappa shape index (κ1) is 15.1. The monoisotopic (exact) mass is 238 g/mol. The van der Waals surface area contributed by atoms with Gasteiger partial charge in [0.2, 0.25) is 0 Å². The molecule has 1 saturated carbocycles. The lowest BCUT2D eigenvalue weighted by Crippen LogP contribution is -2.44. The SMILES string of the molecule is CCCC(CC(C)(C)C(C)C)C1(C)CCC1C. The van der Waals surface area contributed by atoms with Gasteiger partial charge in [0.15, 0.2) is 0 Å². The van der Waals surface area contributed by atoms with Crippen LogP contribution in [0.1, 0.15) is 80.6 Å². The topological polar surface area (TPSA) is 0 Å². The van der Waals surface area contributed by atoms with E-state index >= 15 is 0 Å². The first-order chi connectivity index (χ1) is 7.74. The highest BCUT2D eigenvalue weighted by molar-refractivity contribution is 4.96. The standard InChI is InChI=1S/C17H34/c1-8-9-15(12-16(5,6)13(2)3)17(7)11-10-14(17)4/h13-15H,8-12H2,1-7H3. The molecular weight excluding hydrogens is 204 g/mol. The van der Waals surface area contributed by atoms with Crippen molar-refractivity contribution < 1.29 is 0 Å². The van der Waals surface area contributed by atoms with Gasteiger partial charge in [-0.1, -0.05) is 61.3 Å². The molecule has 0 aromatic heterocycles. The normalized spacial score (nSPS) is 31.4. The van der Waals surface area contributed by atoms with Crippen molar-refractivity contribution in [2.45, 2.75) is 80.6 Å². The van der Waals surface area contributed by atoms with Gasteiger partial charge >= 0.3 is 0 Å². The third-order valence-corrected chi connectivity index (χ3v) is 6.15. The van der Waals surface area contributed by atoms with Crippen molar-refractivity contribution in [2.24, 2.45) is 28.6 Å². The van der Waals surface area contributed by atoms with Gasteiger partial charge in [-0.25, -0.2) is 0 Å². The van der Waals surface area contributed by atoms with Gasteiger partial charge in [0, 0.05) is 0 Å². The highest BCUT2D eigenvalue weighted by Crippen LogP contribution is 2.56. The van der Waals surface area contributed by atoms with Crippen LogP contribution < -0.4 is 0 Å². The fourth-order valence-corrected chi connectivity index (χ4v) is 3.38. The summed E-state index contributed by atoms with van der Waals surface area (Å²) in [5.41, 5.74) is 1.14. The van der Waals surface area contributed by atoms with E-state index in [1.54, 1.807) is 0 Å². The molecule has 1 aliphatic rings. The Bertz CT molecular complexity index is 238. The van der Waals surface area contributed by atoms with Crippen LogP contribution in [0.3, 0.4) is 0 Å². The smallest absolute Gasteiger partial charge is 0.0272 e. The molecule has 1 fully saturated rings. The van der Waals surface area contributed by atoms with Crippen LogP contribution in [0, 0.1) is 28.6 Å². The Balaban J connectivity index is 2.73. The summed E-state index contributed by atoms with van der Waals surface area (Å²) in [6.07, 6.45) is 7.11. The van der Waals surface area contributed by atoms with E-state index in [1.165, 1.54) is 32.1 Å². The van der Waals surface area contributed by atoms with E-state index in [0.29, 0.717) is 10.8 Å². The maximum atomic E-state index is 2.55. The quantitative estimate of drug-likeness (QED) is 0.539. The van der Waals surface area contributed by atoms with Crippen LogP contribution in [0.5, 0.6) is 0 Å². The van der Waals surface area contributed by atoms with Crippen molar-refractivity contribution in [2.75, 3.05) is 0 Å². The fraction of sp³-hybridized carbons (Fsp3) is 1.00. The van der Waals surface area contributed by atoms with Crippen LogP contribution >= 0.6 is 0 Å². The lowest BCUT2D eigenvalue weighted by atomic mass is 9.52. The zero-order valence-corrected chi connectivity index (χ0v) is 13.3. The zero-order valence-electron chi connectivity index (χ0n) is 13.3. The molecule has 1 rings (SSSR count). The molecule has 0 aliphatic heterocycles. The van der Waals surface area contributed by atoms with Gasteiger partial charge in [-0.05, 0) is 47.8 Å². The van der Waals surface area contributed by atoms with Crippen molar-refractivity contribution in [3.05, 3.63) is 0 Å². The first-order valence-corrected chi connectivity index (χ1v) is 7.74. The van der Waals surface area contributed by atoms with Crippen molar-refractivity contribution in [3.63, 3.8) is 0 Å². The van der Waals surface area contributed by atoms with Gasteiger partial charge in [-0.15, -0.1) is 0 Å². The summed E-state index contributed by atoms with van der Waals surface area (Å²) in [5, 5.41) is 0. The van der Waals surface area contributed by atoms with E-state index in [9.17, 15) is 0 Å². The molecule has 17 heavy (non-hydrogen) atoms. The van der Waals surface area contributed by atoms with E-state index in [2.05, 4.69) is 48.5 Å². The number of hydrogen-bond donors (Lipinski definition) is 0. The molecule has 0 spiro atoms. The minimum absolute atomic E-state index is 0.498. The Morgan fingerprint density at radius 2 is 1.88 bits per heavy atom. The van der Waals surface area contributed by atoms with Crippen LogP contribution in [0.4, 0.5) is 0 Å². The molecule has 0 aromatic rings. The Hall–Kier alpha value is 0. The van der Waals surface area contributed by atoms with E-state index in [-0.39, 0.29) is 0 Å². The lowest BCUT2D eigenvalue weighted by Gasteiger charge is -2.53. The Morgan fingerprint density at radius 3 is 2.18 bits per heavy atom. The van der Waals surface area contributed by atoms with Crippen LogP contribution in [0.15, 0.2) is 0 Å². The van der Waals surface area contributed by atoms with Gasteiger partial charge < -0.3 is 0 Å². The number of hydrogen-bond acceptors (Lipinski definition) is 0. The summed E-state index contributed by atoms with van der Waals surface area (Å²) < 4.78 is 0. The summed E-state index contributed by atoms with van der Waals surface area (Å²) in [6, 6.07) is 0. The molecule has 0 heteroatoms. The summed E-state index contributed by atoms with van der Waals surface area (Å²) in [7, 11) is 0. The van der Waals surface area contributed by atoms with Gasteiger partial charge in [0.1, 0.15) is 0 Å². The lowest BCUT2D eigenvalue weighted by molar-refractivity contribution is -0.0324. The Kier molecular flexibility index (Phi) is 4.72. The van der Waals surface area contributed by atoms with E-state index in [4.69, 9.17) is 0 Å². The van der Waals surface area contributed by atoms with Crippen LogP contribution in [0.2, 0.25) is 0 Å². The zero-order chi connectivity index (χ0) is 13.3. The maximum Gasteiger partial charge on any atom is -0.0272 e. The van der Waals surface area contributed by atoms with E-state index < -0.39 is 0 Å². The van der Waals surface area contributed by atoms with Crippen molar-refractivity contribution in [1.82, 2.24) is 0 Å². The molecule has 0 radical (unpaired) electrons. The van der Waals surface area contributed by atoms with Gasteiger partial charge in [-0.3, -0.25) is 0 Å². The summed E-state index contributed by atoms with van der Waals surface area (Å²) in [4.78, 5) is 0. The predicted octanol–water partition coefficient (Wildman–Crippen LogP) is 5.91. The third-order valence-electron chi connectivity index (χ3n) is 6.15. The number of rotatable bonds is 6. The molecule has 0 bridgehead atoms. The van der Waals surface area contributed by atoms with E-state index in [1.807, 2.05) is 0 Å². The second-order valence-corrected chi connectivity index (χ2v) is 7.78. The summed E-state index contributed by atoms with van der Waals surface area (Å²) in [5.74, 6) is 2.68. The molecular formula is C17H34. The molecule has 0 N–H and O–H groups in total. The highest BCUT2D eigenvalue weighted by atomic mass is 14.5. The molecule has 0 saturated heterocycles. The minimum atomic E-state index is 0.498. The molecule has 102 valence electrons. The van der Waals surface area contributed by atoms with Crippen molar-refractivity contribution in [1.29, 1.82) is 0 Å². The average Bonchev–Trinajstić information content (AvgIpc) is 2.25. The molecule has 0 aromatic carbocycles. The second-order valence-electron chi connectivity index (χ2n) is 7.78. The van der Waals surface area contributed by atoms with E-state index in [0.717, 1.165) is 17.8 Å². The fourth-order valence-electron chi connectivity index (χ4n) is 3.38. The molecule has 0 nitrogen and oxygen atoms in total. The first-order valence-electron chi connectivity index (χ1n) is 7.74. The van der Waals surface area contributed by atoms with Crippen molar-refractivity contribution in [3.8, 4) is 0 Å². The van der Waals surface area contributed by atoms with Crippen LogP contribution in [-0.2, 0) is 0 Å². The largest absolute Gasteiger partial charge is 0.0654 e. The Labute approximate surface area is 110 Å². The minimum Gasteiger partial charge on any atom is -0.0654 e. The highest BCUT2D eigenvalue weighted by Gasteiger charge is 2.46.